The number of hydrogen-bond donors (Lipinski definition) is 0. The van der Waals surface area contributed by atoms with Crippen molar-refractivity contribution in [3.05, 3.63) is 29.8 Å². The Hall–Kier alpha value is -1.11. The zero-order chi connectivity index (χ0) is 7.97. The molecule has 1 heteroatoms. The lowest BCUT2D eigenvalue weighted by Gasteiger charge is -2.32. The van der Waals surface area contributed by atoms with Crippen LogP contribution >= 0.6 is 0 Å². The van der Waals surface area contributed by atoms with Crippen molar-refractivity contribution in [2.75, 3.05) is 0 Å². The highest BCUT2D eigenvalue weighted by molar-refractivity contribution is 5.95. The number of para-hydroxylation sites is 1. The van der Waals surface area contributed by atoms with Crippen molar-refractivity contribution in [2.45, 2.75) is 19.3 Å². The lowest BCUT2D eigenvalue weighted by molar-refractivity contribution is 0.543. The Labute approximate surface area is 72.1 Å². The Balaban J connectivity index is 2.14. The van der Waals surface area contributed by atoms with E-state index >= 15 is 0 Å². The summed E-state index contributed by atoms with van der Waals surface area (Å²) in [5, 5.41) is 0. The minimum absolute atomic E-state index is 0.792. The van der Waals surface area contributed by atoms with Crippen molar-refractivity contribution in [2.24, 2.45) is 10.9 Å². The van der Waals surface area contributed by atoms with Gasteiger partial charge in [0.1, 0.15) is 0 Å². The van der Waals surface area contributed by atoms with Crippen LogP contribution in [-0.2, 0) is 6.42 Å². The fourth-order valence-corrected chi connectivity index (χ4v) is 2.06. The smallest absolute Gasteiger partial charge is 0.0661 e. The highest BCUT2D eigenvalue weighted by Gasteiger charge is 2.29. The fraction of sp³-hybridized carbons (Fsp3) is 0.364. The van der Waals surface area contributed by atoms with Gasteiger partial charge in [0.05, 0.1) is 5.69 Å². The standard InChI is InChI=1S/C11H11N/c1-2-4-10-8(3-1)7-9-5-6-11(9)12-10/h1-4,9H,5-7H2. The van der Waals surface area contributed by atoms with Crippen LogP contribution in [-0.4, -0.2) is 5.71 Å². The fourth-order valence-electron chi connectivity index (χ4n) is 2.06. The number of rotatable bonds is 0. The van der Waals surface area contributed by atoms with Gasteiger partial charge in [-0.25, -0.2) is 0 Å². The molecule has 60 valence electrons. The lowest BCUT2D eigenvalue weighted by atomic mass is 9.76. The maximum absolute atomic E-state index is 4.63. The summed E-state index contributed by atoms with van der Waals surface area (Å²) < 4.78 is 0. The van der Waals surface area contributed by atoms with Crippen molar-refractivity contribution in [1.82, 2.24) is 0 Å². The molecular formula is C11H11N. The van der Waals surface area contributed by atoms with E-state index in [4.69, 9.17) is 0 Å². The van der Waals surface area contributed by atoms with E-state index in [-0.39, 0.29) is 0 Å². The molecule has 0 amide bonds. The van der Waals surface area contributed by atoms with Crippen LogP contribution in [0, 0.1) is 5.92 Å². The molecule has 1 heterocycles. The van der Waals surface area contributed by atoms with Gasteiger partial charge in [0.15, 0.2) is 0 Å². The zero-order valence-electron chi connectivity index (χ0n) is 6.96. The van der Waals surface area contributed by atoms with Crippen LogP contribution in [0.5, 0.6) is 0 Å². The summed E-state index contributed by atoms with van der Waals surface area (Å²) in [5.74, 6) is 0.792. The number of benzene rings is 1. The van der Waals surface area contributed by atoms with Gasteiger partial charge in [-0.1, -0.05) is 18.2 Å². The summed E-state index contributed by atoms with van der Waals surface area (Å²) in [6.07, 6.45) is 3.82. The molecule has 1 fully saturated rings. The Morgan fingerprint density at radius 3 is 3.00 bits per heavy atom. The molecular weight excluding hydrogens is 146 g/mol. The van der Waals surface area contributed by atoms with Crippen LogP contribution in [0.2, 0.25) is 0 Å². The largest absolute Gasteiger partial charge is 0.257 e. The highest BCUT2D eigenvalue weighted by Crippen LogP contribution is 2.37. The van der Waals surface area contributed by atoms with E-state index in [1.54, 1.807) is 0 Å². The maximum Gasteiger partial charge on any atom is 0.0661 e. The molecule has 3 rings (SSSR count). The van der Waals surface area contributed by atoms with E-state index in [9.17, 15) is 0 Å². The Bertz CT molecular complexity index is 352. The van der Waals surface area contributed by atoms with Crippen LogP contribution in [0.25, 0.3) is 0 Å². The molecule has 1 atom stereocenters. The third kappa shape index (κ3) is 0.765. The van der Waals surface area contributed by atoms with E-state index in [0.717, 1.165) is 5.92 Å². The van der Waals surface area contributed by atoms with Crippen molar-refractivity contribution >= 4 is 11.4 Å². The molecule has 2 aliphatic rings. The summed E-state index contributed by atoms with van der Waals surface area (Å²) in [7, 11) is 0. The molecule has 0 aromatic heterocycles. The molecule has 1 unspecified atom stereocenters. The molecule has 1 aliphatic carbocycles. The monoisotopic (exact) mass is 157 g/mol. The predicted molar refractivity (Wildman–Crippen MR) is 50.0 cm³/mol. The van der Waals surface area contributed by atoms with Crippen LogP contribution in [0.15, 0.2) is 29.3 Å². The highest BCUT2D eigenvalue weighted by atomic mass is 14.8. The summed E-state index contributed by atoms with van der Waals surface area (Å²) >= 11 is 0. The summed E-state index contributed by atoms with van der Waals surface area (Å²) in [4.78, 5) is 4.63. The van der Waals surface area contributed by atoms with E-state index in [0.29, 0.717) is 0 Å². The first-order chi connectivity index (χ1) is 5.93. The van der Waals surface area contributed by atoms with Gasteiger partial charge in [0, 0.05) is 11.6 Å². The molecule has 1 aliphatic heterocycles. The Morgan fingerprint density at radius 2 is 2.17 bits per heavy atom. The van der Waals surface area contributed by atoms with Crippen molar-refractivity contribution in [3.63, 3.8) is 0 Å². The third-order valence-electron chi connectivity index (χ3n) is 2.94. The second-order valence-electron chi connectivity index (χ2n) is 3.67. The summed E-state index contributed by atoms with van der Waals surface area (Å²) in [6.45, 7) is 0. The molecule has 12 heavy (non-hydrogen) atoms. The lowest BCUT2D eigenvalue weighted by Crippen LogP contribution is -2.29. The zero-order valence-corrected chi connectivity index (χ0v) is 6.96. The molecule has 0 N–H and O–H groups in total. The van der Waals surface area contributed by atoms with Gasteiger partial charge < -0.3 is 0 Å². The van der Waals surface area contributed by atoms with Crippen molar-refractivity contribution in [3.8, 4) is 0 Å². The molecule has 0 radical (unpaired) electrons. The first-order valence-electron chi connectivity index (χ1n) is 4.59. The first-order valence-corrected chi connectivity index (χ1v) is 4.59. The molecule has 1 nitrogen and oxygen atoms in total. The number of fused-ring (bicyclic) bond motifs is 2. The minimum Gasteiger partial charge on any atom is -0.257 e. The maximum atomic E-state index is 4.63. The van der Waals surface area contributed by atoms with Crippen LogP contribution in [0.1, 0.15) is 18.4 Å². The van der Waals surface area contributed by atoms with E-state index in [2.05, 4.69) is 29.3 Å². The van der Waals surface area contributed by atoms with Gasteiger partial charge >= 0.3 is 0 Å². The normalized spacial score (nSPS) is 25.0. The van der Waals surface area contributed by atoms with Gasteiger partial charge in [-0.15, -0.1) is 0 Å². The average Bonchev–Trinajstić information content (AvgIpc) is 2.09. The van der Waals surface area contributed by atoms with E-state index in [1.165, 1.54) is 36.2 Å². The molecule has 0 bridgehead atoms. The number of nitrogens with zero attached hydrogens (tertiary/aromatic N) is 1. The van der Waals surface area contributed by atoms with Crippen molar-refractivity contribution in [1.29, 1.82) is 0 Å². The Kier molecular flexibility index (Phi) is 1.17. The first kappa shape index (κ1) is 6.41. The van der Waals surface area contributed by atoms with Crippen LogP contribution in [0.4, 0.5) is 5.69 Å². The van der Waals surface area contributed by atoms with Gasteiger partial charge in [0.2, 0.25) is 0 Å². The molecule has 1 aromatic rings. The topological polar surface area (TPSA) is 12.4 Å². The molecule has 0 spiro atoms. The van der Waals surface area contributed by atoms with Gasteiger partial charge in [-0.3, -0.25) is 4.99 Å². The molecule has 0 saturated heterocycles. The molecule has 1 aromatic carbocycles. The average molecular weight is 157 g/mol. The quantitative estimate of drug-likeness (QED) is 0.549. The Morgan fingerprint density at radius 1 is 1.25 bits per heavy atom. The van der Waals surface area contributed by atoms with Gasteiger partial charge in [-0.05, 0) is 30.9 Å². The molecule has 1 saturated carbocycles. The second-order valence-corrected chi connectivity index (χ2v) is 3.67. The van der Waals surface area contributed by atoms with Gasteiger partial charge in [-0.2, -0.15) is 0 Å². The SMILES string of the molecule is c1ccc2c(c1)CC1CCC1=N2. The predicted octanol–water partition coefficient (Wildman–Crippen LogP) is 2.73. The van der Waals surface area contributed by atoms with E-state index < -0.39 is 0 Å². The van der Waals surface area contributed by atoms with Gasteiger partial charge in [0.25, 0.3) is 0 Å². The second kappa shape index (κ2) is 2.19. The van der Waals surface area contributed by atoms with E-state index in [1.807, 2.05) is 0 Å². The third-order valence-corrected chi connectivity index (χ3v) is 2.94. The number of hydrogen-bond acceptors (Lipinski definition) is 1. The van der Waals surface area contributed by atoms with Crippen molar-refractivity contribution < 1.29 is 0 Å². The van der Waals surface area contributed by atoms with Crippen LogP contribution < -0.4 is 0 Å². The number of aliphatic imine (C=N–C) groups is 1. The minimum atomic E-state index is 0.792. The summed E-state index contributed by atoms with van der Waals surface area (Å²) in [6, 6.07) is 8.50. The van der Waals surface area contributed by atoms with Crippen LogP contribution in [0.3, 0.4) is 0 Å². The summed E-state index contributed by atoms with van der Waals surface area (Å²) in [5.41, 5.74) is 4.09.